The highest BCUT2D eigenvalue weighted by molar-refractivity contribution is 5.99. The zero-order valence-electron chi connectivity index (χ0n) is 18.8. The van der Waals surface area contributed by atoms with E-state index in [2.05, 4.69) is 10.1 Å². The molecule has 0 spiro atoms. The number of rotatable bonds is 5. The average molecular weight is 459 g/mol. The first kappa shape index (κ1) is 24.2. The summed E-state index contributed by atoms with van der Waals surface area (Å²) in [6.07, 6.45) is 0. The van der Waals surface area contributed by atoms with Crippen LogP contribution in [-0.2, 0) is 4.79 Å². The topological polar surface area (TPSA) is 79.0 Å². The zero-order chi connectivity index (χ0) is 24.2. The predicted molar refractivity (Wildman–Crippen MR) is 119 cm³/mol. The summed E-state index contributed by atoms with van der Waals surface area (Å²) in [5, 5.41) is 2.81. The molecule has 1 aliphatic heterocycles. The Balaban J connectivity index is 1.64. The van der Waals surface area contributed by atoms with Gasteiger partial charge in [0.15, 0.2) is 0 Å². The number of hydrogen-bond donors (Lipinski definition) is 1. The van der Waals surface area contributed by atoms with E-state index in [0.717, 1.165) is 0 Å². The number of piperazine rings is 1. The molecular weight excluding hydrogens is 432 g/mol. The lowest BCUT2D eigenvalue weighted by Gasteiger charge is -2.35. The minimum Gasteiger partial charge on any atom is -0.434 e. The van der Waals surface area contributed by atoms with Crippen LogP contribution in [0, 0.1) is 5.41 Å². The number of anilines is 1. The van der Waals surface area contributed by atoms with Gasteiger partial charge in [-0.05, 0) is 30.3 Å². The molecule has 1 N–H and O–H groups in total. The number of hydrogen-bond acceptors (Lipinski definition) is 4. The normalized spacial score (nSPS) is 14.2. The van der Waals surface area contributed by atoms with E-state index in [1.165, 1.54) is 23.1 Å². The van der Waals surface area contributed by atoms with Crippen LogP contribution in [0.2, 0.25) is 0 Å². The molecule has 3 amide bonds. The third kappa shape index (κ3) is 6.06. The number of carbonyl (C=O) groups excluding carboxylic acids is 3. The fourth-order valence-electron chi connectivity index (χ4n) is 3.36. The van der Waals surface area contributed by atoms with Crippen molar-refractivity contribution >= 4 is 23.4 Å². The monoisotopic (exact) mass is 459 g/mol. The van der Waals surface area contributed by atoms with Crippen LogP contribution in [0.25, 0.3) is 0 Å². The van der Waals surface area contributed by atoms with E-state index in [4.69, 9.17) is 0 Å². The molecule has 1 heterocycles. The molecule has 7 nitrogen and oxygen atoms in total. The molecule has 0 radical (unpaired) electrons. The van der Waals surface area contributed by atoms with Crippen LogP contribution < -0.4 is 10.1 Å². The number of nitrogens with one attached hydrogen (secondary N) is 1. The first-order valence-corrected chi connectivity index (χ1v) is 10.6. The van der Waals surface area contributed by atoms with Crippen molar-refractivity contribution in [2.45, 2.75) is 27.4 Å². The van der Waals surface area contributed by atoms with Gasteiger partial charge in [0.25, 0.3) is 11.8 Å². The number of halogens is 2. The van der Waals surface area contributed by atoms with Crippen LogP contribution in [0.3, 0.4) is 0 Å². The maximum atomic E-state index is 13.0. The van der Waals surface area contributed by atoms with E-state index >= 15 is 0 Å². The maximum absolute atomic E-state index is 13.0. The number of nitrogens with zero attached hydrogens (tertiary/aromatic N) is 2. The number of ether oxygens (including phenoxy) is 1. The summed E-state index contributed by atoms with van der Waals surface area (Å²) in [5.41, 5.74) is 0.448. The fraction of sp³-hybridized carbons (Fsp3) is 0.375. The number of amides is 3. The Kier molecular flexibility index (Phi) is 7.30. The lowest BCUT2D eigenvalue weighted by molar-refractivity contribution is -0.123. The molecular formula is C24H27F2N3O4. The first-order valence-electron chi connectivity index (χ1n) is 10.6. The van der Waals surface area contributed by atoms with Crippen molar-refractivity contribution in [1.29, 1.82) is 0 Å². The SMILES string of the molecule is CC(C)(C)C(=O)Nc1cccc(C(=O)N2CCN(C(=O)c3ccccc3OC(F)F)CC2)c1. The molecule has 0 bridgehead atoms. The van der Waals surface area contributed by atoms with Gasteiger partial charge >= 0.3 is 6.61 Å². The lowest BCUT2D eigenvalue weighted by atomic mass is 9.95. The molecule has 3 rings (SSSR count). The molecule has 0 saturated carbocycles. The Bertz CT molecular complexity index is 1030. The van der Waals surface area contributed by atoms with Crippen molar-refractivity contribution in [3.63, 3.8) is 0 Å². The fourth-order valence-corrected chi connectivity index (χ4v) is 3.36. The van der Waals surface area contributed by atoms with E-state index in [9.17, 15) is 23.2 Å². The summed E-state index contributed by atoms with van der Waals surface area (Å²) in [7, 11) is 0. The number of carbonyl (C=O) groups is 3. The lowest BCUT2D eigenvalue weighted by Crippen LogP contribution is -2.50. The highest BCUT2D eigenvalue weighted by Crippen LogP contribution is 2.23. The molecule has 1 aliphatic rings. The van der Waals surface area contributed by atoms with E-state index < -0.39 is 17.9 Å². The minimum absolute atomic E-state index is 0.0554. The van der Waals surface area contributed by atoms with Crippen molar-refractivity contribution < 1.29 is 27.9 Å². The van der Waals surface area contributed by atoms with Gasteiger partial charge in [0.2, 0.25) is 5.91 Å². The van der Waals surface area contributed by atoms with Crippen molar-refractivity contribution in [2.24, 2.45) is 5.41 Å². The molecule has 2 aromatic rings. The molecule has 0 aliphatic carbocycles. The van der Waals surface area contributed by atoms with Gasteiger partial charge in [0, 0.05) is 42.8 Å². The highest BCUT2D eigenvalue weighted by atomic mass is 19.3. The van der Waals surface area contributed by atoms with Crippen molar-refractivity contribution in [3.05, 3.63) is 59.7 Å². The van der Waals surface area contributed by atoms with Gasteiger partial charge in [-0.3, -0.25) is 14.4 Å². The molecule has 1 saturated heterocycles. The quantitative estimate of drug-likeness (QED) is 0.736. The van der Waals surface area contributed by atoms with Crippen LogP contribution in [-0.4, -0.2) is 60.3 Å². The average Bonchev–Trinajstić information content (AvgIpc) is 2.78. The summed E-state index contributed by atoms with van der Waals surface area (Å²) in [4.78, 5) is 41.2. The molecule has 2 aromatic carbocycles. The second kappa shape index (κ2) is 9.97. The number of para-hydroxylation sites is 1. The third-order valence-electron chi connectivity index (χ3n) is 5.24. The Morgan fingerprint density at radius 1 is 0.909 bits per heavy atom. The highest BCUT2D eigenvalue weighted by Gasteiger charge is 2.28. The molecule has 9 heteroatoms. The number of alkyl halides is 2. The summed E-state index contributed by atoms with van der Waals surface area (Å²) in [5.74, 6) is -0.971. The van der Waals surface area contributed by atoms with Crippen molar-refractivity contribution in [3.8, 4) is 5.75 Å². The first-order chi connectivity index (χ1) is 15.6. The van der Waals surface area contributed by atoms with E-state index in [-0.39, 0.29) is 36.2 Å². The standard InChI is InChI=1S/C24H27F2N3O4/c1-24(2,3)22(32)27-17-8-6-7-16(15-17)20(30)28-11-13-29(14-12-28)21(31)18-9-4-5-10-19(18)33-23(25)26/h4-10,15,23H,11-14H2,1-3H3,(H,27,32). The smallest absolute Gasteiger partial charge is 0.387 e. The number of benzene rings is 2. The Morgan fingerprint density at radius 3 is 2.12 bits per heavy atom. The minimum atomic E-state index is -3.03. The van der Waals surface area contributed by atoms with Gasteiger partial charge in [-0.25, -0.2) is 0 Å². The van der Waals surface area contributed by atoms with Gasteiger partial charge in [-0.15, -0.1) is 0 Å². The molecule has 176 valence electrons. The molecule has 0 unspecified atom stereocenters. The van der Waals surface area contributed by atoms with Crippen LogP contribution >= 0.6 is 0 Å². The summed E-state index contributed by atoms with van der Waals surface area (Å²) in [6.45, 7) is 3.48. The summed E-state index contributed by atoms with van der Waals surface area (Å²) in [6, 6.07) is 12.6. The van der Waals surface area contributed by atoms with E-state index in [0.29, 0.717) is 24.3 Å². The molecule has 1 fully saturated rings. The van der Waals surface area contributed by atoms with Gasteiger partial charge in [-0.1, -0.05) is 39.0 Å². The second-order valence-electron chi connectivity index (χ2n) is 8.74. The van der Waals surface area contributed by atoms with E-state index in [1.54, 1.807) is 56.0 Å². The molecule has 0 aromatic heterocycles. The van der Waals surface area contributed by atoms with E-state index in [1.807, 2.05) is 0 Å². The Morgan fingerprint density at radius 2 is 1.52 bits per heavy atom. The van der Waals surface area contributed by atoms with Crippen molar-refractivity contribution in [1.82, 2.24) is 9.80 Å². The largest absolute Gasteiger partial charge is 0.434 e. The second-order valence-corrected chi connectivity index (χ2v) is 8.74. The van der Waals surface area contributed by atoms with Gasteiger partial charge in [0.1, 0.15) is 5.75 Å². The maximum Gasteiger partial charge on any atom is 0.387 e. The van der Waals surface area contributed by atoms with Gasteiger partial charge in [-0.2, -0.15) is 8.78 Å². The Hall–Kier alpha value is -3.49. The third-order valence-corrected chi connectivity index (χ3v) is 5.24. The Labute approximate surface area is 191 Å². The molecule has 33 heavy (non-hydrogen) atoms. The zero-order valence-corrected chi connectivity index (χ0v) is 18.8. The summed E-state index contributed by atoms with van der Waals surface area (Å²) >= 11 is 0. The van der Waals surface area contributed by atoms with Gasteiger partial charge in [0.05, 0.1) is 5.56 Å². The predicted octanol–water partition coefficient (Wildman–Crippen LogP) is 3.87. The van der Waals surface area contributed by atoms with Crippen LogP contribution in [0.1, 0.15) is 41.5 Å². The van der Waals surface area contributed by atoms with Crippen molar-refractivity contribution in [2.75, 3.05) is 31.5 Å². The molecule has 0 atom stereocenters. The summed E-state index contributed by atoms with van der Waals surface area (Å²) < 4.78 is 29.8. The van der Waals surface area contributed by atoms with Crippen LogP contribution in [0.4, 0.5) is 14.5 Å². The van der Waals surface area contributed by atoms with Crippen LogP contribution in [0.5, 0.6) is 5.75 Å². The van der Waals surface area contributed by atoms with Crippen LogP contribution in [0.15, 0.2) is 48.5 Å². The van der Waals surface area contributed by atoms with Gasteiger partial charge < -0.3 is 19.9 Å².